The lowest BCUT2D eigenvalue weighted by atomic mass is 9.84. The molecule has 1 aromatic heterocycles. The number of carbonyl (C=O) groups is 1. The van der Waals surface area contributed by atoms with E-state index in [9.17, 15) is 4.79 Å². The van der Waals surface area contributed by atoms with Crippen LogP contribution in [0.25, 0.3) is 11.1 Å². The average molecular weight is 511 g/mol. The highest BCUT2D eigenvalue weighted by Gasteiger charge is 2.26. The molecular formula is C32H38N4O2. The minimum atomic E-state index is 0.0508. The van der Waals surface area contributed by atoms with E-state index in [1.54, 1.807) is 0 Å². The van der Waals surface area contributed by atoms with Crippen molar-refractivity contribution in [1.82, 2.24) is 15.2 Å². The second-order valence-electron chi connectivity index (χ2n) is 11.0. The van der Waals surface area contributed by atoms with Crippen molar-refractivity contribution in [2.75, 3.05) is 44.2 Å². The van der Waals surface area contributed by atoms with Gasteiger partial charge in [-0.2, -0.15) is 0 Å². The fraction of sp³-hybridized carbons (Fsp3) is 0.438. The molecule has 0 radical (unpaired) electrons. The quantitative estimate of drug-likeness (QED) is 0.474. The minimum Gasteiger partial charge on any atom is -0.489 e. The van der Waals surface area contributed by atoms with Crippen LogP contribution in [0.2, 0.25) is 0 Å². The third kappa shape index (κ3) is 5.70. The van der Waals surface area contributed by atoms with Crippen LogP contribution in [-0.2, 0) is 6.42 Å². The molecule has 0 atom stereocenters. The predicted molar refractivity (Wildman–Crippen MR) is 152 cm³/mol. The number of pyridine rings is 1. The zero-order valence-electron chi connectivity index (χ0n) is 22.1. The Balaban J connectivity index is 0.911. The number of piperazine rings is 1. The Kier molecular flexibility index (Phi) is 7.59. The number of ether oxygens (including phenoxy) is 1. The summed E-state index contributed by atoms with van der Waals surface area (Å²) in [4.78, 5) is 22.5. The van der Waals surface area contributed by atoms with Crippen LogP contribution in [0.5, 0.6) is 5.75 Å². The van der Waals surface area contributed by atoms with Crippen LogP contribution >= 0.6 is 0 Å². The predicted octanol–water partition coefficient (Wildman–Crippen LogP) is 5.18. The molecule has 6 nitrogen and oxygen atoms in total. The number of amides is 1. The molecule has 0 spiro atoms. The standard InChI is InChI=1S/C32H38N4O2/c37-32(28-10-8-26(9-11-28)25-4-2-1-3-5-25)34-29-12-6-24(7-13-29)15-18-35-19-21-36(22-20-35)31-30-27(14-17-33-31)16-23-38-30/h1-5,8-11,14,17,24,29H,6-7,12-13,15-16,18-23H2,(H,34,37). The van der Waals surface area contributed by atoms with E-state index in [-0.39, 0.29) is 5.91 Å². The van der Waals surface area contributed by atoms with Crippen LogP contribution in [0, 0.1) is 5.92 Å². The van der Waals surface area contributed by atoms with Gasteiger partial charge in [-0.1, -0.05) is 42.5 Å². The van der Waals surface area contributed by atoms with E-state index in [0.717, 1.165) is 80.7 Å². The maximum atomic E-state index is 12.8. The van der Waals surface area contributed by atoms with E-state index in [2.05, 4.69) is 38.3 Å². The number of benzene rings is 2. The fourth-order valence-corrected chi connectivity index (χ4v) is 6.18. The van der Waals surface area contributed by atoms with Gasteiger partial charge in [0.2, 0.25) is 0 Å². The van der Waals surface area contributed by atoms with Crippen LogP contribution < -0.4 is 15.0 Å². The minimum absolute atomic E-state index is 0.0508. The first-order valence-electron chi connectivity index (χ1n) is 14.3. The first-order chi connectivity index (χ1) is 18.7. The molecule has 6 rings (SSSR count). The lowest BCUT2D eigenvalue weighted by molar-refractivity contribution is 0.0919. The molecule has 1 aliphatic carbocycles. The number of rotatable bonds is 7. The van der Waals surface area contributed by atoms with Crippen molar-refractivity contribution in [3.05, 3.63) is 78.0 Å². The van der Waals surface area contributed by atoms with E-state index in [1.807, 2.05) is 48.7 Å². The van der Waals surface area contributed by atoms with Gasteiger partial charge >= 0.3 is 0 Å². The highest BCUT2D eigenvalue weighted by atomic mass is 16.5. The van der Waals surface area contributed by atoms with Gasteiger partial charge in [-0.25, -0.2) is 4.98 Å². The highest BCUT2D eigenvalue weighted by molar-refractivity contribution is 5.94. The summed E-state index contributed by atoms with van der Waals surface area (Å²) in [5, 5.41) is 3.29. The summed E-state index contributed by atoms with van der Waals surface area (Å²) >= 11 is 0. The molecule has 198 valence electrons. The molecule has 1 amide bonds. The molecular weight excluding hydrogens is 472 g/mol. The molecule has 0 unspecified atom stereocenters. The van der Waals surface area contributed by atoms with Crippen LogP contribution in [0.1, 0.15) is 48.0 Å². The van der Waals surface area contributed by atoms with E-state index >= 15 is 0 Å². The normalized spacial score (nSPS) is 21.5. The second kappa shape index (κ2) is 11.6. The van der Waals surface area contributed by atoms with Crippen LogP contribution in [0.15, 0.2) is 66.9 Å². The third-order valence-electron chi connectivity index (χ3n) is 8.55. The van der Waals surface area contributed by atoms with E-state index in [4.69, 9.17) is 4.74 Å². The van der Waals surface area contributed by atoms with Crippen molar-refractivity contribution < 1.29 is 9.53 Å². The molecule has 3 heterocycles. The lowest BCUT2D eigenvalue weighted by Crippen LogP contribution is -2.47. The summed E-state index contributed by atoms with van der Waals surface area (Å²) < 4.78 is 5.87. The summed E-state index contributed by atoms with van der Waals surface area (Å²) in [5.41, 5.74) is 4.35. The number of hydrogen-bond acceptors (Lipinski definition) is 5. The Labute approximate surface area is 226 Å². The van der Waals surface area contributed by atoms with Crippen molar-refractivity contribution in [2.45, 2.75) is 44.6 Å². The van der Waals surface area contributed by atoms with Crippen LogP contribution in [-0.4, -0.2) is 61.2 Å². The van der Waals surface area contributed by atoms with E-state index in [1.165, 1.54) is 36.9 Å². The first kappa shape index (κ1) is 24.9. The van der Waals surface area contributed by atoms with Crippen molar-refractivity contribution in [3.8, 4) is 16.9 Å². The first-order valence-corrected chi connectivity index (χ1v) is 14.3. The smallest absolute Gasteiger partial charge is 0.251 e. The Hall–Kier alpha value is -3.38. The number of nitrogens with one attached hydrogen (secondary N) is 1. The zero-order valence-corrected chi connectivity index (χ0v) is 22.1. The van der Waals surface area contributed by atoms with Gasteiger partial charge in [0.05, 0.1) is 6.61 Å². The van der Waals surface area contributed by atoms with Crippen LogP contribution in [0.4, 0.5) is 5.82 Å². The van der Waals surface area contributed by atoms with Gasteiger partial charge in [0.1, 0.15) is 0 Å². The topological polar surface area (TPSA) is 57.7 Å². The lowest BCUT2D eigenvalue weighted by Gasteiger charge is -2.37. The largest absolute Gasteiger partial charge is 0.489 e. The van der Waals surface area contributed by atoms with Gasteiger partial charge in [-0.05, 0) is 73.9 Å². The van der Waals surface area contributed by atoms with Crippen molar-refractivity contribution >= 4 is 11.7 Å². The summed E-state index contributed by atoms with van der Waals surface area (Å²) in [7, 11) is 0. The molecule has 1 saturated carbocycles. The number of fused-ring (bicyclic) bond motifs is 1. The van der Waals surface area contributed by atoms with Crippen molar-refractivity contribution in [2.24, 2.45) is 5.92 Å². The molecule has 38 heavy (non-hydrogen) atoms. The molecule has 3 aliphatic rings. The summed E-state index contributed by atoms with van der Waals surface area (Å²) in [6, 6.07) is 20.6. The summed E-state index contributed by atoms with van der Waals surface area (Å²) in [5.74, 6) is 2.86. The summed E-state index contributed by atoms with van der Waals surface area (Å²) in [6.07, 6.45) is 8.75. The Morgan fingerprint density at radius 3 is 2.39 bits per heavy atom. The van der Waals surface area contributed by atoms with Crippen molar-refractivity contribution in [1.29, 1.82) is 0 Å². The maximum Gasteiger partial charge on any atom is 0.251 e. The fourth-order valence-electron chi connectivity index (χ4n) is 6.18. The molecule has 2 aromatic carbocycles. The SMILES string of the molecule is O=C(NC1CCC(CCN2CCN(c3nccc4c3OCC4)CC2)CC1)c1ccc(-c2ccccc2)cc1. The van der Waals surface area contributed by atoms with E-state index in [0.29, 0.717) is 6.04 Å². The number of aromatic nitrogens is 1. The Bertz CT molecular complexity index is 1210. The van der Waals surface area contributed by atoms with Gasteiger partial charge in [0, 0.05) is 56.0 Å². The Morgan fingerprint density at radius 1 is 0.895 bits per heavy atom. The summed E-state index contributed by atoms with van der Waals surface area (Å²) in [6.45, 7) is 6.14. The van der Waals surface area contributed by atoms with Gasteiger partial charge < -0.3 is 15.0 Å². The third-order valence-corrected chi connectivity index (χ3v) is 8.55. The zero-order chi connectivity index (χ0) is 25.7. The van der Waals surface area contributed by atoms with E-state index < -0.39 is 0 Å². The highest BCUT2D eigenvalue weighted by Crippen LogP contribution is 2.34. The second-order valence-corrected chi connectivity index (χ2v) is 11.0. The van der Waals surface area contributed by atoms with Crippen molar-refractivity contribution in [3.63, 3.8) is 0 Å². The molecule has 3 aromatic rings. The Morgan fingerprint density at radius 2 is 1.63 bits per heavy atom. The number of hydrogen-bond donors (Lipinski definition) is 1. The van der Waals surface area contributed by atoms with Gasteiger partial charge in [-0.3, -0.25) is 9.69 Å². The monoisotopic (exact) mass is 510 g/mol. The molecule has 1 saturated heterocycles. The molecule has 0 bridgehead atoms. The average Bonchev–Trinajstić information content (AvgIpc) is 3.47. The maximum absolute atomic E-state index is 12.8. The van der Waals surface area contributed by atoms with Gasteiger partial charge in [0.25, 0.3) is 5.91 Å². The van der Waals surface area contributed by atoms with Crippen LogP contribution in [0.3, 0.4) is 0 Å². The number of anilines is 1. The number of carbonyl (C=O) groups excluding carboxylic acids is 1. The molecule has 1 N–H and O–H groups in total. The van der Waals surface area contributed by atoms with Gasteiger partial charge in [-0.15, -0.1) is 0 Å². The van der Waals surface area contributed by atoms with Gasteiger partial charge in [0.15, 0.2) is 11.6 Å². The molecule has 2 aliphatic heterocycles. The molecule has 6 heteroatoms. The number of nitrogens with zero attached hydrogens (tertiary/aromatic N) is 3. The molecule has 2 fully saturated rings.